The maximum absolute atomic E-state index is 9.94. The predicted molar refractivity (Wildman–Crippen MR) is 59.6 cm³/mol. The number of hydrogen-bond acceptors (Lipinski definition) is 6. The molecule has 0 aromatic rings. The third-order valence-electron chi connectivity index (χ3n) is 3.46. The first kappa shape index (κ1) is 12.8. The van der Waals surface area contributed by atoms with E-state index in [1.54, 1.807) is 0 Å². The molecule has 0 bridgehead atoms. The van der Waals surface area contributed by atoms with Crippen LogP contribution < -0.4 is 0 Å². The Morgan fingerprint density at radius 3 is 2.22 bits per heavy atom. The monoisotopic (exact) mass is 260 g/mol. The Bertz CT molecular complexity index is 341. The van der Waals surface area contributed by atoms with Crippen molar-refractivity contribution in [2.24, 2.45) is 0 Å². The fourth-order valence-corrected chi connectivity index (χ4v) is 2.76. The lowest BCUT2D eigenvalue weighted by atomic mass is 9.98. The van der Waals surface area contributed by atoms with Gasteiger partial charge in [-0.3, -0.25) is 0 Å². The van der Waals surface area contributed by atoms with Crippen molar-refractivity contribution >= 4 is 0 Å². The molecule has 1 N–H and O–H groups in total. The Balaban J connectivity index is 1.84. The minimum atomic E-state index is -1.01. The summed E-state index contributed by atoms with van der Waals surface area (Å²) in [5, 5.41) is 9.94. The molecule has 0 aromatic heterocycles. The molecule has 0 aliphatic carbocycles. The summed E-state index contributed by atoms with van der Waals surface area (Å²) in [4.78, 5) is 0. The molecule has 3 aliphatic rings. The molecule has 3 unspecified atom stereocenters. The molecule has 6 heteroatoms. The van der Waals surface area contributed by atoms with Crippen LogP contribution in [0, 0.1) is 0 Å². The van der Waals surface area contributed by atoms with Gasteiger partial charge in [-0.25, -0.2) is 0 Å². The third-order valence-corrected chi connectivity index (χ3v) is 3.46. The van der Waals surface area contributed by atoms with E-state index in [1.807, 2.05) is 27.7 Å². The van der Waals surface area contributed by atoms with Gasteiger partial charge in [0, 0.05) is 0 Å². The summed E-state index contributed by atoms with van der Waals surface area (Å²) < 4.78 is 28.4. The van der Waals surface area contributed by atoms with Gasteiger partial charge in [0.1, 0.15) is 24.4 Å². The summed E-state index contributed by atoms with van der Waals surface area (Å²) in [5.41, 5.74) is 0. The highest BCUT2D eigenvalue weighted by Gasteiger charge is 2.58. The minimum absolute atomic E-state index is 0.288. The first-order valence-electron chi connectivity index (χ1n) is 6.28. The summed E-state index contributed by atoms with van der Waals surface area (Å²) in [6.07, 6.45) is -2.48. The number of ether oxygens (including phenoxy) is 5. The van der Waals surface area contributed by atoms with Gasteiger partial charge in [-0.1, -0.05) is 0 Å². The smallest absolute Gasteiger partial charge is 0.184 e. The van der Waals surface area contributed by atoms with Gasteiger partial charge in [0.2, 0.25) is 0 Å². The van der Waals surface area contributed by atoms with Crippen LogP contribution in [-0.4, -0.2) is 54.0 Å². The van der Waals surface area contributed by atoms with Crippen LogP contribution in [0.3, 0.4) is 0 Å². The van der Waals surface area contributed by atoms with E-state index in [0.29, 0.717) is 6.61 Å². The van der Waals surface area contributed by atoms with Gasteiger partial charge in [-0.15, -0.1) is 0 Å². The van der Waals surface area contributed by atoms with E-state index in [9.17, 15) is 5.11 Å². The molecule has 6 nitrogen and oxygen atoms in total. The highest BCUT2D eigenvalue weighted by molar-refractivity contribution is 4.98. The second-order valence-corrected chi connectivity index (χ2v) is 5.92. The van der Waals surface area contributed by atoms with E-state index < -0.39 is 24.0 Å². The van der Waals surface area contributed by atoms with Gasteiger partial charge < -0.3 is 28.8 Å². The van der Waals surface area contributed by atoms with Crippen LogP contribution in [0.15, 0.2) is 0 Å². The molecule has 3 heterocycles. The quantitative estimate of drug-likeness (QED) is 0.679. The number of rotatable bonds is 0. The summed E-state index contributed by atoms with van der Waals surface area (Å²) in [6.45, 7) is 7.71. The van der Waals surface area contributed by atoms with Gasteiger partial charge in [-0.05, 0) is 27.7 Å². The number of aliphatic hydroxyl groups excluding tert-OH is 1. The fourth-order valence-electron chi connectivity index (χ4n) is 2.76. The van der Waals surface area contributed by atoms with Gasteiger partial charge in [-0.2, -0.15) is 0 Å². The van der Waals surface area contributed by atoms with Crippen molar-refractivity contribution in [3.63, 3.8) is 0 Å². The van der Waals surface area contributed by atoms with Crippen LogP contribution in [0.5, 0.6) is 0 Å². The number of hydrogen-bond donors (Lipinski definition) is 1. The van der Waals surface area contributed by atoms with Crippen LogP contribution in [-0.2, 0) is 23.7 Å². The molecule has 5 atom stereocenters. The molecular weight excluding hydrogens is 240 g/mol. The molecule has 104 valence electrons. The Morgan fingerprint density at radius 2 is 1.50 bits per heavy atom. The van der Waals surface area contributed by atoms with Crippen molar-refractivity contribution in [3.8, 4) is 0 Å². The van der Waals surface area contributed by atoms with E-state index in [2.05, 4.69) is 0 Å². The normalized spacial score (nSPS) is 49.5. The van der Waals surface area contributed by atoms with Gasteiger partial charge in [0.05, 0.1) is 6.61 Å². The Kier molecular flexibility index (Phi) is 2.75. The molecule has 3 rings (SSSR count). The fraction of sp³-hybridized carbons (Fsp3) is 1.00. The molecule has 0 radical (unpaired) electrons. The maximum atomic E-state index is 9.94. The number of fused-ring (bicyclic) bond motifs is 3. The van der Waals surface area contributed by atoms with E-state index in [-0.39, 0.29) is 18.3 Å². The zero-order valence-corrected chi connectivity index (χ0v) is 11.1. The summed E-state index contributed by atoms with van der Waals surface area (Å²) in [7, 11) is 0. The molecular formula is C12H20O6. The standard InChI is InChI=1S/C12H20O6/c1-11(2)14-5-6-7(16-11)8-9(10(13)15-6)18-12(3,4)17-8/h6-10,13H,5H2,1-4H3/t6?,7-,8+,9?,10?/m1/s1. The first-order chi connectivity index (χ1) is 8.27. The molecule has 3 aliphatic heterocycles. The van der Waals surface area contributed by atoms with Crippen molar-refractivity contribution in [1.29, 1.82) is 0 Å². The van der Waals surface area contributed by atoms with Crippen molar-refractivity contribution in [1.82, 2.24) is 0 Å². The maximum Gasteiger partial charge on any atom is 0.184 e. The molecule has 3 saturated heterocycles. The van der Waals surface area contributed by atoms with Gasteiger partial charge in [0.25, 0.3) is 0 Å². The van der Waals surface area contributed by atoms with Crippen LogP contribution in [0.25, 0.3) is 0 Å². The van der Waals surface area contributed by atoms with E-state index in [4.69, 9.17) is 23.7 Å². The highest BCUT2D eigenvalue weighted by Crippen LogP contribution is 2.41. The van der Waals surface area contributed by atoms with Gasteiger partial charge in [0.15, 0.2) is 17.9 Å². The van der Waals surface area contributed by atoms with E-state index in [0.717, 1.165) is 0 Å². The van der Waals surface area contributed by atoms with Crippen LogP contribution in [0.1, 0.15) is 27.7 Å². The molecule has 0 amide bonds. The predicted octanol–water partition coefficient (Wildman–Crippen LogP) is 0.375. The third kappa shape index (κ3) is 2.07. The molecule has 0 saturated carbocycles. The van der Waals surface area contributed by atoms with E-state index in [1.165, 1.54) is 0 Å². The second-order valence-electron chi connectivity index (χ2n) is 5.92. The van der Waals surface area contributed by atoms with Crippen molar-refractivity contribution in [3.05, 3.63) is 0 Å². The summed E-state index contributed by atoms with van der Waals surface area (Å²) in [5.74, 6) is -1.41. The van der Waals surface area contributed by atoms with Crippen molar-refractivity contribution in [2.75, 3.05) is 6.61 Å². The first-order valence-corrected chi connectivity index (χ1v) is 6.28. The Labute approximate surface area is 106 Å². The lowest BCUT2D eigenvalue weighted by Gasteiger charge is -2.47. The van der Waals surface area contributed by atoms with Crippen LogP contribution in [0.4, 0.5) is 0 Å². The number of aliphatic hydroxyl groups is 1. The summed E-state index contributed by atoms with van der Waals surface area (Å²) >= 11 is 0. The van der Waals surface area contributed by atoms with Crippen LogP contribution in [0.2, 0.25) is 0 Å². The minimum Gasteiger partial charge on any atom is -0.366 e. The second kappa shape index (κ2) is 3.88. The average molecular weight is 260 g/mol. The Morgan fingerprint density at radius 1 is 0.889 bits per heavy atom. The van der Waals surface area contributed by atoms with Gasteiger partial charge >= 0.3 is 0 Å². The SMILES string of the molecule is CC1(C)OCC2OC(O)C3OC(C)(C)O[C@H]3[C@@H]2O1. The molecule has 0 spiro atoms. The average Bonchev–Trinajstić information content (AvgIpc) is 2.56. The van der Waals surface area contributed by atoms with Crippen LogP contribution >= 0.6 is 0 Å². The zero-order valence-electron chi connectivity index (χ0n) is 11.1. The van der Waals surface area contributed by atoms with E-state index >= 15 is 0 Å². The molecule has 0 aromatic carbocycles. The lowest BCUT2D eigenvalue weighted by Crippen LogP contribution is -2.63. The molecule has 3 fully saturated rings. The highest BCUT2D eigenvalue weighted by atomic mass is 16.8. The van der Waals surface area contributed by atoms with Crippen molar-refractivity contribution in [2.45, 2.75) is 70.0 Å². The largest absolute Gasteiger partial charge is 0.366 e. The van der Waals surface area contributed by atoms with Crippen molar-refractivity contribution < 1.29 is 28.8 Å². The molecule has 18 heavy (non-hydrogen) atoms. The lowest BCUT2D eigenvalue weighted by molar-refractivity contribution is -0.365. The zero-order chi connectivity index (χ0) is 13.1. The Hall–Kier alpha value is -0.240. The summed E-state index contributed by atoms with van der Waals surface area (Å²) in [6, 6.07) is 0. The topological polar surface area (TPSA) is 66.4 Å².